The molecule has 6 nitrogen and oxygen atoms in total. The van der Waals surface area contributed by atoms with Crippen LogP contribution in [0.5, 0.6) is 0 Å². The number of ether oxygens (including phenoxy) is 1. The molecule has 2 aromatic rings. The van der Waals surface area contributed by atoms with Gasteiger partial charge in [-0.3, -0.25) is 4.98 Å². The van der Waals surface area contributed by atoms with E-state index in [9.17, 15) is 0 Å². The smallest absolute Gasteiger partial charge is 0.0969 e. The van der Waals surface area contributed by atoms with Crippen LogP contribution in [0.4, 0.5) is 0 Å². The molecular formula is C11H15N5O. The lowest BCUT2D eigenvalue weighted by atomic mass is 10.4. The van der Waals surface area contributed by atoms with Crippen LogP contribution in [0, 0.1) is 0 Å². The van der Waals surface area contributed by atoms with E-state index in [1.807, 2.05) is 18.3 Å². The standard InChI is InChI=1S/C11H15N5O/c1-17-6-5-13-7-10-9-16(15-14-10)11-3-2-4-12-8-11/h2-4,8-9,13H,5-7H2,1H3. The fourth-order valence-corrected chi connectivity index (χ4v) is 1.39. The zero-order valence-corrected chi connectivity index (χ0v) is 9.71. The minimum atomic E-state index is 0.684. The van der Waals surface area contributed by atoms with E-state index in [-0.39, 0.29) is 0 Å². The van der Waals surface area contributed by atoms with Crippen LogP contribution in [-0.4, -0.2) is 40.2 Å². The third-order valence-corrected chi connectivity index (χ3v) is 2.24. The third kappa shape index (κ3) is 3.33. The highest BCUT2D eigenvalue weighted by Gasteiger charge is 2.01. The Morgan fingerprint density at radius 1 is 1.47 bits per heavy atom. The highest BCUT2D eigenvalue weighted by Crippen LogP contribution is 2.03. The molecule has 0 radical (unpaired) electrons. The summed E-state index contributed by atoms with van der Waals surface area (Å²) in [5.74, 6) is 0. The molecule has 1 N–H and O–H groups in total. The van der Waals surface area contributed by atoms with Crippen LogP contribution in [0.25, 0.3) is 5.69 Å². The Labute approximate surface area is 99.6 Å². The van der Waals surface area contributed by atoms with E-state index >= 15 is 0 Å². The number of hydrogen-bond donors (Lipinski definition) is 1. The molecule has 0 aliphatic heterocycles. The van der Waals surface area contributed by atoms with Crippen LogP contribution in [0.3, 0.4) is 0 Å². The van der Waals surface area contributed by atoms with Gasteiger partial charge in [-0.2, -0.15) is 0 Å². The number of methoxy groups -OCH3 is 1. The van der Waals surface area contributed by atoms with E-state index in [0.29, 0.717) is 13.2 Å². The first-order valence-electron chi connectivity index (χ1n) is 5.41. The maximum absolute atomic E-state index is 4.94. The highest BCUT2D eigenvalue weighted by atomic mass is 16.5. The van der Waals surface area contributed by atoms with Gasteiger partial charge in [0.2, 0.25) is 0 Å². The average molecular weight is 233 g/mol. The fraction of sp³-hybridized carbons (Fsp3) is 0.364. The molecule has 0 saturated carbocycles. The van der Waals surface area contributed by atoms with E-state index < -0.39 is 0 Å². The molecule has 0 aliphatic carbocycles. The molecule has 6 heteroatoms. The van der Waals surface area contributed by atoms with E-state index in [0.717, 1.165) is 17.9 Å². The molecular weight excluding hydrogens is 218 g/mol. The molecule has 0 aromatic carbocycles. The van der Waals surface area contributed by atoms with Gasteiger partial charge in [-0.1, -0.05) is 5.21 Å². The first-order valence-corrected chi connectivity index (χ1v) is 5.41. The van der Waals surface area contributed by atoms with E-state index in [4.69, 9.17) is 4.74 Å². The van der Waals surface area contributed by atoms with Gasteiger partial charge in [-0.15, -0.1) is 5.10 Å². The Bertz CT molecular complexity index is 442. The Kier molecular flexibility index (Phi) is 4.17. The van der Waals surface area contributed by atoms with Gasteiger partial charge in [0.05, 0.1) is 30.4 Å². The summed E-state index contributed by atoms with van der Waals surface area (Å²) in [6.45, 7) is 2.18. The summed E-state index contributed by atoms with van der Waals surface area (Å²) in [7, 11) is 1.68. The van der Waals surface area contributed by atoms with Gasteiger partial charge >= 0.3 is 0 Å². The lowest BCUT2D eigenvalue weighted by molar-refractivity contribution is 0.199. The van der Waals surface area contributed by atoms with Crippen molar-refractivity contribution in [2.45, 2.75) is 6.54 Å². The molecule has 0 saturated heterocycles. The fourth-order valence-electron chi connectivity index (χ4n) is 1.39. The first kappa shape index (κ1) is 11.7. The number of hydrogen-bond acceptors (Lipinski definition) is 5. The van der Waals surface area contributed by atoms with Crippen molar-refractivity contribution in [1.29, 1.82) is 0 Å². The van der Waals surface area contributed by atoms with Crippen LogP contribution in [-0.2, 0) is 11.3 Å². The van der Waals surface area contributed by atoms with Gasteiger partial charge in [0, 0.05) is 26.4 Å². The molecule has 0 spiro atoms. The Hall–Kier alpha value is -1.79. The minimum absolute atomic E-state index is 0.684. The summed E-state index contributed by atoms with van der Waals surface area (Å²) in [6.07, 6.45) is 5.36. The van der Waals surface area contributed by atoms with Gasteiger partial charge in [0.1, 0.15) is 0 Å². The summed E-state index contributed by atoms with van der Waals surface area (Å²) in [6, 6.07) is 3.80. The molecule has 0 bridgehead atoms. The second kappa shape index (κ2) is 6.07. The van der Waals surface area contributed by atoms with Crippen molar-refractivity contribution >= 4 is 0 Å². The Morgan fingerprint density at radius 2 is 2.41 bits per heavy atom. The Balaban J connectivity index is 1.92. The van der Waals surface area contributed by atoms with Crippen LogP contribution >= 0.6 is 0 Å². The zero-order valence-electron chi connectivity index (χ0n) is 9.71. The molecule has 17 heavy (non-hydrogen) atoms. The van der Waals surface area contributed by atoms with Crippen molar-refractivity contribution in [3.63, 3.8) is 0 Å². The number of pyridine rings is 1. The topological polar surface area (TPSA) is 64.9 Å². The van der Waals surface area contributed by atoms with Crippen molar-refractivity contribution in [1.82, 2.24) is 25.3 Å². The summed E-state index contributed by atoms with van der Waals surface area (Å²) in [5.41, 5.74) is 1.80. The lowest BCUT2D eigenvalue weighted by Crippen LogP contribution is -2.18. The lowest BCUT2D eigenvalue weighted by Gasteiger charge is -2.00. The SMILES string of the molecule is COCCNCc1cn(-c2cccnc2)nn1. The van der Waals surface area contributed by atoms with E-state index in [1.54, 1.807) is 24.2 Å². The molecule has 0 unspecified atom stereocenters. The van der Waals surface area contributed by atoms with E-state index in [2.05, 4.69) is 20.6 Å². The van der Waals surface area contributed by atoms with Gasteiger partial charge in [0.15, 0.2) is 0 Å². The summed E-state index contributed by atoms with van der Waals surface area (Å²) in [5, 5.41) is 11.3. The van der Waals surface area contributed by atoms with Crippen LogP contribution in [0.15, 0.2) is 30.7 Å². The van der Waals surface area contributed by atoms with Crippen molar-refractivity contribution in [3.8, 4) is 5.69 Å². The number of aromatic nitrogens is 4. The minimum Gasteiger partial charge on any atom is -0.383 e. The molecule has 2 rings (SSSR count). The van der Waals surface area contributed by atoms with Gasteiger partial charge < -0.3 is 10.1 Å². The summed E-state index contributed by atoms with van der Waals surface area (Å²) < 4.78 is 6.65. The largest absolute Gasteiger partial charge is 0.383 e. The van der Waals surface area contributed by atoms with Gasteiger partial charge in [-0.05, 0) is 12.1 Å². The maximum Gasteiger partial charge on any atom is 0.0969 e. The highest BCUT2D eigenvalue weighted by molar-refractivity contribution is 5.25. The molecule has 90 valence electrons. The Morgan fingerprint density at radius 3 is 3.18 bits per heavy atom. The van der Waals surface area contributed by atoms with Crippen molar-refractivity contribution in [3.05, 3.63) is 36.4 Å². The van der Waals surface area contributed by atoms with Crippen molar-refractivity contribution < 1.29 is 4.74 Å². The van der Waals surface area contributed by atoms with Crippen molar-refractivity contribution in [2.24, 2.45) is 0 Å². The summed E-state index contributed by atoms with van der Waals surface area (Å²) >= 11 is 0. The predicted octanol–water partition coefficient (Wildman–Crippen LogP) is 0.398. The van der Waals surface area contributed by atoms with Gasteiger partial charge in [-0.25, -0.2) is 4.68 Å². The average Bonchev–Trinajstić information content (AvgIpc) is 2.85. The molecule has 0 aliphatic rings. The second-order valence-electron chi connectivity index (χ2n) is 3.54. The number of nitrogens with zero attached hydrogens (tertiary/aromatic N) is 4. The molecule has 0 amide bonds. The monoisotopic (exact) mass is 233 g/mol. The normalized spacial score (nSPS) is 10.6. The number of rotatable bonds is 6. The van der Waals surface area contributed by atoms with Crippen LogP contribution in [0.2, 0.25) is 0 Å². The second-order valence-corrected chi connectivity index (χ2v) is 3.54. The maximum atomic E-state index is 4.94. The quantitative estimate of drug-likeness (QED) is 0.731. The third-order valence-electron chi connectivity index (χ3n) is 2.24. The molecule has 0 atom stereocenters. The first-order chi connectivity index (χ1) is 8.40. The van der Waals surface area contributed by atoms with Crippen LogP contribution in [0.1, 0.15) is 5.69 Å². The number of nitrogens with one attached hydrogen (secondary N) is 1. The predicted molar refractivity (Wildman–Crippen MR) is 62.7 cm³/mol. The molecule has 0 fully saturated rings. The van der Waals surface area contributed by atoms with E-state index in [1.165, 1.54) is 0 Å². The zero-order chi connectivity index (χ0) is 11.9. The van der Waals surface area contributed by atoms with Gasteiger partial charge in [0.25, 0.3) is 0 Å². The summed E-state index contributed by atoms with van der Waals surface area (Å²) in [4.78, 5) is 4.04. The van der Waals surface area contributed by atoms with Crippen molar-refractivity contribution in [2.75, 3.05) is 20.3 Å². The molecule has 2 heterocycles. The molecule has 2 aromatic heterocycles. The van der Waals surface area contributed by atoms with Crippen LogP contribution < -0.4 is 5.32 Å².